The van der Waals surface area contributed by atoms with Crippen molar-refractivity contribution in [2.45, 2.75) is 31.7 Å². The number of carbonyl (C=O) groups excluding carboxylic acids is 2. The molecule has 0 fully saturated rings. The van der Waals surface area contributed by atoms with E-state index in [1.165, 1.54) is 23.2 Å². The van der Waals surface area contributed by atoms with Crippen LogP contribution in [0.3, 0.4) is 0 Å². The van der Waals surface area contributed by atoms with Gasteiger partial charge in [-0.15, -0.1) is 11.8 Å². The van der Waals surface area contributed by atoms with Crippen molar-refractivity contribution in [1.82, 2.24) is 4.57 Å². The lowest BCUT2D eigenvalue weighted by Crippen LogP contribution is -2.19. The normalized spacial score (nSPS) is 11.8. The van der Waals surface area contributed by atoms with E-state index in [4.69, 9.17) is 4.74 Å². The van der Waals surface area contributed by atoms with Crippen LogP contribution < -0.4 is 10.1 Å². The first-order valence-electron chi connectivity index (χ1n) is 9.69. The number of nitrogens with zero attached hydrogens (tertiary/aromatic N) is 2. The highest BCUT2D eigenvalue weighted by Crippen LogP contribution is 2.22. The van der Waals surface area contributed by atoms with Gasteiger partial charge in [0.05, 0.1) is 23.2 Å². The van der Waals surface area contributed by atoms with E-state index in [9.17, 15) is 9.59 Å². The molecule has 2 aromatic carbocycles. The molecule has 0 unspecified atom stereocenters. The van der Waals surface area contributed by atoms with Gasteiger partial charge in [0, 0.05) is 31.2 Å². The van der Waals surface area contributed by atoms with Gasteiger partial charge in [-0.1, -0.05) is 30.4 Å². The average molecular weight is 444 g/mol. The molecule has 0 bridgehead atoms. The third kappa shape index (κ3) is 5.81. The molecule has 158 valence electrons. The SMILES string of the molecule is CCSc1ccc(CC(=O)N=c2sc3cc(NC(C)=O)ccc3n2CCOC)cc1. The van der Waals surface area contributed by atoms with Crippen LogP contribution in [-0.2, 0) is 27.3 Å². The summed E-state index contributed by atoms with van der Waals surface area (Å²) in [6.07, 6.45) is 0.257. The molecule has 0 aliphatic carbocycles. The van der Waals surface area contributed by atoms with Gasteiger partial charge in [0.2, 0.25) is 5.91 Å². The molecule has 1 heterocycles. The first-order chi connectivity index (χ1) is 14.5. The second kappa shape index (κ2) is 10.6. The van der Waals surface area contributed by atoms with E-state index in [0.29, 0.717) is 18.0 Å². The number of thiazole rings is 1. The van der Waals surface area contributed by atoms with Gasteiger partial charge in [-0.05, 0) is 41.6 Å². The number of rotatable bonds is 8. The lowest BCUT2D eigenvalue weighted by molar-refractivity contribution is -0.117. The summed E-state index contributed by atoms with van der Waals surface area (Å²) in [6.45, 7) is 4.69. The Morgan fingerprint density at radius 2 is 1.97 bits per heavy atom. The number of thioether (sulfide) groups is 1. The molecule has 0 atom stereocenters. The van der Waals surface area contributed by atoms with Crippen LogP contribution in [0, 0.1) is 0 Å². The number of hydrogen-bond donors (Lipinski definition) is 1. The Kier molecular flexibility index (Phi) is 7.84. The average Bonchev–Trinajstić information content (AvgIpc) is 3.03. The van der Waals surface area contributed by atoms with Crippen molar-refractivity contribution in [2.75, 3.05) is 24.8 Å². The van der Waals surface area contributed by atoms with Crippen LogP contribution in [0.25, 0.3) is 10.2 Å². The fourth-order valence-electron chi connectivity index (χ4n) is 3.03. The molecule has 0 aliphatic heterocycles. The number of ether oxygens (including phenoxy) is 1. The fourth-order valence-corrected chi connectivity index (χ4v) is 4.80. The molecule has 0 saturated carbocycles. The van der Waals surface area contributed by atoms with Crippen molar-refractivity contribution >= 4 is 50.8 Å². The molecule has 8 heteroatoms. The highest BCUT2D eigenvalue weighted by atomic mass is 32.2. The van der Waals surface area contributed by atoms with Crippen molar-refractivity contribution in [3.63, 3.8) is 0 Å². The van der Waals surface area contributed by atoms with E-state index in [1.807, 2.05) is 47.0 Å². The number of anilines is 1. The first kappa shape index (κ1) is 22.3. The van der Waals surface area contributed by atoms with Crippen LogP contribution >= 0.6 is 23.1 Å². The Hall–Kier alpha value is -2.42. The monoisotopic (exact) mass is 443 g/mol. The molecule has 2 amide bonds. The van der Waals surface area contributed by atoms with E-state index in [2.05, 4.69) is 17.2 Å². The minimum atomic E-state index is -0.189. The summed E-state index contributed by atoms with van der Waals surface area (Å²) in [7, 11) is 1.65. The number of fused-ring (bicyclic) bond motifs is 1. The Morgan fingerprint density at radius 3 is 2.63 bits per heavy atom. The summed E-state index contributed by atoms with van der Waals surface area (Å²) in [5.41, 5.74) is 2.62. The molecule has 0 saturated heterocycles. The van der Waals surface area contributed by atoms with E-state index < -0.39 is 0 Å². The number of carbonyl (C=O) groups is 2. The van der Waals surface area contributed by atoms with Crippen molar-refractivity contribution in [3.8, 4) is 0 Å². The molecular formula is C22H25N3O3S2. The number of aromatic nitrogens is 1. The lowest BCUT2D eigenvalue weighted by atomic mass is 10.1. The third-order valence-electron chi connectivity index (χ3n) is 4.33. The Bertz CT molecular complexity index is 1100. The Morgan fingerprint density at radius 1 is 1.20 bits per heavy atom. The second-order valence-corrected chi connectivity index (χ2v) is 9.00. The quantitative estimate of drug-likeness (QED) is 0.532. The van der Waals surface area contributed by atoms with Crippen LogP contribution in [0.2, 0.25) is 0 Å². The van der Waals surface area contributed by atoms with Gasteiger partial charge in [-0.2, -0.15) is 4.99 Å². The van der Waals surface area contributed by atoms with E-state index in [-0.39, 0.29) is 18.2 Å². The number of methoxy groups -OCH3 is 1. The zero-order chi connectivity index (χ0) is 21.5. The maximum atomic E-state index is 12.6. The maximum absolute atomic E-state index is 12.6. The molecule has 0 spiro atoms. The molecule has 3 aromatic rings. The maximum Gasteiger partial charge on any atom is 0.252 e. The van der Waals surface area contributed by atoms with E-state index in [1.54, 1.807) is 18.9 Å². The fraction of sp³-hybridized carbons (Fsp3) is 0.318. The van der Waals surface area contributed by atoms with Crippen molar-refractivity contribution < 1.29 is 14.3 Å². The van der Waals surface area contributed by atoms with Crippen LogP contribution in [0.4, 0.5) is 5.69 Å². The van der Waals surface area contributed by atoms with Crippen LogP contribution in [0.5, 0.6) is 0 Å². The molecule has 0 radical (unpaired) electrons. The van der Waals surface area contributed by atoms with Gasteiger partial charge in [-0.25, -0.2) is 0 Å². The molecule has 3 rings (SSSR count). The van der Waals surface area contributed by atoms with Crippen LogP contribution in [0.15, 0.2) is 52.4 Å². The van der Waals surface area contributed by atoms with Gasteiger partial charge in [0.25, 0.3) is 5.91 Å². The molecular weight excluding hydrogens is 418 g/mol. The zero-order valence-electron chi connectivity index (χ0n) is 17.3. The van der Waals surface area contributed by atoms with E-state index >= 15 is 0 Å². The second-order valence-electron chi connectivity index (χ2n) is 6.65. The number of amides is 2. The summed E-state index contributed by atoms with van der Waals surface area (Å²) < 4.78 is 8.16. The molecule has 6 nitrogen and oxygen atoms in total. The summed E-state index contributed by atoms with van der Waals surface area (Å²) >= 11 is 3.20. The predicted octanol–water partition coefficient (Wildman–Crippen LogP) is 4.09. The highest BCUT2D eigenvalue weighted by Gasteiger charge is 2.10. The van der Waals surface area contributed by atoms with Gasteiger partial charge in [-0.3, -0.25) is 9.59 Å². The minimum Gasteiger partial charge on any atom is -0.383 e. The molecule has 0 aliphatic rings. The van der Waals surface area contributed by atoms with Crippen molar-refractivity contribution in [2.24, 2.45) is 4.99 Å². The van der Waals surface area contributed by atoms with Crippen LogP contribution in [-0.4, -0.2) is 35.9 Å². The smallest absolute Gasteiger partial charge is 0.252 e. The topological polar surface area (TPSA) is 72.7 Å². The van der Waals surface area contributed by atoms with Gasteiger partial charge in [0.1, 0.15) is 0 Å². The Labute approximate surface area is 184 Å². The van der Waals surface area contributed by atoms with Gasteiger partial charge in [0.15, 0.2) is 4.80 Å². The van der Waals surface area contributed by atoms with Crippen molar-refractivity contribution in [3.05, 3.63) is 52.8 Å². The summed E-state index contributed by atoms with van der Waals surface area (Å²) in [6, 6.07) is 13.7. The summed E-state index contributed by atoms with van der Waals surface area (Å²) in [4.78, 5) is 30.2. The number of hydrogen-bond acceptors (Lipinski definition) is 5. The van der Waals surface area contributed by atoms with Crippen molar-refractivity contribution in [1.29, 1.82) is 0 Å². The third-order valence-corrected chi connectivity index (χ3v) is 6.27. The zero-order valence-corrected chi connectivity index (χ0v) is 18.9. The Balaban J connectivity index is 1.90. The number of benzene rings is 2. The molecule has 1 N–H and O–H groups in total. The first-order valence-corrected chi connectivity index (χ1v) is 11.5. The predicted molar refractivity (Wildman–Crippen MR) is 123 cm³/mol. The van der Waals surface area contributed by atoms with Gasteiger partial charge < -0.3 is 14.6 Å². The van der Waals surface area contributed by atoms with Crippen LogP contribution in [0.1, 0.15) is 19.4 Å². The standard InChI is InChI=1S/C22H25N3O3S2/c1-4-29-18-8-5-16(6-9-18)13-21(27)24-22-25(11-12-28-3)19-10-7-17(23-15(2)26)14-20(19)30-22/h5-10,14H,4,11-13H2,1-3H3,(H,23,26). The van der Waals surface area contributed by atoms with Gasteiger partial charge >= 0.3 is 0 Å². The minimum absolute atomic E-state index is 0.124. The highest BCUT2D eigenvalue weighted by molar-refractivity contribution is 7.99. The largest absolute Gasteiger partial charge is 0.383 e. The molecule has 1 aromatic heterocycles. The van der Waals surface area contributed by atoms with E-state index in [0.717, 1.165) is 27.2 Å². The summed E-state index contributed by atoms with van der Waals surface area (Å²) in [5.74, 6) is 0.706. The lowest BCUT2D eigenvalue weighted by Gasteiger charge is -2.06. The number of nitrogens with one attached hydrogen (secondary N) is 1. The molecule has 30 heavy (non-hydrogen) atoms. The summed E-state index contributed by atoms with van der Waals surface area (Å²) in [5, 5.41) is 2.79.